The fourth-order valence-corrected chi connectivity index (χ4v) is 9.83. The van der Waals surface area contributed by atoms with E-state index in [1.165, 1.54) is 137 Å². The summed E-state index contributed by atoms with van der Waals surface area (Å²) in [4.78, 5) is 17.1. The van der Waals surface area contributed by atoms with E-state index in [9.17, 15) is 4.89 Å². The third-order valence-corrected chi connectivity index (χ3v) is 14.0. The minimum absolute atomic E-state index is 0.378. The van der Waals surface area contributed by atoms with E-state index in [-0.39, 0.29) is 0 Å². The Bertz CT molecular complexity index is 1070. The molecule has 1 aromatic carbocycles. The van der Waals surface area contributed by atoms with Gasteiger partial charge in [0.1, 0.15) is 13.1 Å². The Kier molecular flexibility index (Phi) is 31.3. The van der Waals surface area contributed by atoms with Crippen LogP contribution in [0.25, 0.3) is 0 Å². The zero-order valence-electron chi connectivity index (χ0n) is 41.9. The molecule has 0 fully saturated rings. The van der Waals surface area contributed by atoms with E-state index in [0.717, 1.165) is 61.4 Å². The largest absolute Gasteiger partial charge is 0.598 e. The second kappa shape index (κ2) is 32.9. The maximum atomic E-state index is 14.4. The summed E-state index contributed by atoms with van der Waals surface area (Å²) in [6.45, 7) is 26.2. The molecule has 1 rings (SSSR count). The van der Waals surface area contributed by atoms with Crippen LogP contribution in [0.3, 0.4) is 0 Å². The first kappa shape index (κ1) is 56.3. The fraction of sp³-hybridized carbons (Fsp3) is 0.885. The maximum absolute atomic E-state index is 14.4. The van der Waals surface area contributed by atoms with E-state index in [4.69, 9.17) is 13.6 Å². The molecule has 0 aliphatic carbocycles. The molecule has 1 aromatic rings. The van der Waals surface area contributed by atoms with E-state index >= 15 is 0 Å². The van der Waals surface area contributed by atoms with Gasteiger partial charge in [-0.1, -0.05) is 185 Å². The highest BCUT2D eigenvalue weighted by atomic mass is 31.2. The Morgan fingerprint density at radius 2 is 0.695 bits per heavy atom. The third kappa shape index (κ3) is 31.7. The fourth-order valence-electron chi connectivity index (χ4n) is 8.63. The van der Waals surface area contributed by atoms with Crippen molar-refractivity contribution in [2.24, 2.45) is 47.3 Å². The van der Waals surface area contributed by atoms with Crippen molar-refractivity contribution >= 4 is 8.17 Å². The molecular formula is C52H103N2O4P+2. The molecule has 0 bridgehead atoms. The van der Waals surface area contributed by atoms with Crippen molar-refractivity contribution in [3.8, 4) is 5.75 Å². The summed E-state index contributed by atoms with van der Waals surface area (Å²) >= 11 is 0. The molecule has 0 aliphatic heterocycles. The molecule has 0 aromatic heterocycles. The summed E-state index contributed by atoms with van der Waals surface area (Å²) < 4.78 is 18.6. The van der Waals surface area contributed by atoms with Gasteiger partial charge in [-0.25, -0.2) is 0 Å². The normalized spacial score (nSPS) is 16.5. The lowest BCUT2D eigenvalue weighted by Crippen LogP contribution is -3.04. The highest BCUT2D eigenvalue weighted by Gasteiger charge is 2.35. The molecule has 7 heteroatoms. The molecule has 0 heterocycles. The van der Waals surface area contributed by atoms with Gasteiger partial charge in [-0.3, -0.25) is 4.52 Å². The molecule has 0 amide bonds. The molecule has 0 radical (unpaired) electrons. The number of rotatable bonds is 38. The predicted molar refractivity (Wildman–Crippen MR) is 256 cm³/mol. The lowest BCUT2D eigenvalue weighted by atomic mass is 9.91. The van der Waals surface area contributed by atoms with Gasteiger partial charge in [0.05, 0.1) is 41.4 Å². The number of quaternary nitrogens is 2. The number of hydrogen-bond acceptors (Lipinski definition) is 4. The topological polar surface area (TPSA) is 59.6 Å². The van der Waals surface area contributed by atoms with Gasteiger partial charge < -0.3 is 14.7 Å². The summed E-state index contributed by atoms with van der Waals surface area (Å²) in [5.74, 6) is 6.50. The summed E-state index contributed by atoms with van der Waals surface area (Å²) in [6, 6.07) is 6.29. The molecule has 0 spiro atoms. The van der Waals surface area contributed by atoms with Gasteiger partial charge in [-0.05, 0) is 78.4 Å². The van der Waals surface area contributed by atoms with Crippen molar-refractivity contribution in [1.29, 1.82) is 0 Å². The average Bonchev–Trinajstić information content (AvgIpc) is 3.10. The van der Waals surface area contributed by atoms with E-state index in [0.29, 0.717) is 30.8 Å². The zero-order chi connectivity index (χ0) is 44.2. The zero-order valence-corrected chi connectivity index (χ0v) is 42.8. The second-order valence-electron chi connectivity index (χ2n) is 21.5. The minimum atomic E-state index is -3.83. The minimum Gasteiger partial charge on any atom is -0.598 e. The van der Waals surface area contributed by atoms with Crippen LogP contribution in [-0.2, 0) is 22.1 Å². The van der Waals surface area contributed by atoms with Gasteiger partial charge in [0.25, 0.3) is 0 Å². The van der Waals surface area contributed by atoms with E-state index in [1.807, 2.05) is 12.1 Å². The lowest BCUT2D eigenvalue weighted by Gasteiger charge is -2.26. The molecule has 6 atom stereocenters. The van der Waals surface area contributed by atoms with Crippen molar-refractivity contribution in [1.82, 2.24) is 0 Å². The van der Waals surface area contributed by atoms with E-state index in [1.54, 1.807) is 0 Å². The molecule has 0 aliphatic rings. The van der Waals surface area contributed by atoms with Crippen LogP contribution in [0.4, 0.5) is 0 Å². The molecule has 6 nitrogen and oxygen atoms in total. The van der Waals surface area contributed by atoms with Crippen LogP contribution in [0.2, 0.25) is 0 Å². The van der Waals surface area contributed by atoms with Crippen LogP contribution in [-0.4, -0.2) is 41.4 Å². The predicted octanol–water partition coefficient (Wildman–Crippen LogP) is 12.4. The van der Waals surface area contributed by atoms with Crippen LogP contribution in [0, 0.1) is 47.3 Å². The molecule has 6 unspecified atom stereocenters. The first-order chi connectivity index (χ1) is 27.8. The van der Waals surface area contributed by atoms with Gasteiger partial charge in [0.2, 0.25) is 0 Å². The van der Waals surface area contributed by atoms with Crippen molar-refractivity contribution in [3.05, 3.63) is 29.3 Å². The van der Waals surface area contributed by atoms with Crippen molar-refractivity contribution < 1.29 is 28.3 Å². The monoisotopic (exact) mass is 851 g/mol. The van der Waals surface area contributed by atoms with E-state index < -0.39 is 8.17 Å². The second-order valence-corrected chi connectivity index (χ2v) is 23.1. The quantitative estimate of drug-likeness (QED) is 0.0651. The Morgan fingerprint density at radius 3 is 0.966 bits per heavy atom. The van der Waals surface area contributed by atoms with Gasteiger partial charge in [-0.15, -0.1) is 0 Å². The Labute approximate surface area is 369 Å². The van der Waals surface area contributed by atoms with Crippen molar-refractivity contribution in [3.63, 3.8) is 0 Å². The Morgan fingerprint density at radius 1 is 0.424 bits per heavy atom. The van der Waals surface area contributed by atoms with Crippen molar-refractivity contribution in [2.45, 2.75) is 211 Å². The first-order valence-corrected chi connectivity index (χ1v) is 26.6. The highest BCUT2D eigenvalue weighted by molar-refractivity contribution is 7.54. The Hall–Kier alpha value is -0.750. The third-order valence-electron chi connectivity index (χ3n) is 12.6. The highest BCUT2D eigenvalue weighted by Crippen LogP contribution is 2.54. The number of hydrogen-bond donors (Lipinski definition) is 2. The Balaban J connectivity index is 2.68. The molecule has 0 saturated carbocycles. The number of nitrogens with one attached hydrogen (secondary N) is 2. The molecular weight excluding hydrogens is 748 g/mol. The van der Waals surface area contributed by atoms with Crippen LogP contribution in [0.1, 0.15) is 209 Å². The summed E-state index contributed by atoms with van der Waals surface area (Å²) in [5, 5.41) is 0. The standard InChI is InChI=1S/C52H101N2O4P/c1-42(2)21-15-23-44(5)25-17-27-46(7)29-19-31-48(9)33-35-56-59(55,58-52-38-50(40-53(11)12)37-51(39-52)41-54(13)14)57-36-34-49(10)32-20-30-47(8)28-18-26-45(6)24-16-22-43(3)4/h37-39,42-49H,15-36,40-41H2,1-14H3/p+2. The van der Waals surface area contributed by atoms with Gasteiger partial charge in [0.15, 0.2) is 5.75 Å². The number of phosphoric acid groups is 1. The van der Waals surface area contributed by atoms with Gasteiger partial charge in [0, 0.05) is 11.1 Å². The van der Waals surface area contributed by atoms with Crippen LogP contribution < -0.4 is 19.2 Å². The first-order valence-electron chi connectivity index (χ1n) is 25.1. The lowest BCUT2D eigenvalue weighted by molar-refractivity contribution is -0.873. The summed E-state index contributed by atoms with van der Waals surface area (Å²) in [7, 11) is 4.78. The number of benzene rings is 1. The van der Waals surface area contributed by atoms with Crippen molar-refractivity contribution in [2.75, 3.05) is 41.4 Å². The molecule has 59 heavy (non-hydrogen) atoms. The smallest absolute Gasteiger partial charge is 0.429 e. The maximum Gasteiger partial charge on any atom is 0.429 e. The summed E-state index contributed by atoms with van der Waals surface area (Å²) in [6.07, 6.45) is 25.5. The van der Waals surface area contributed by atoms with Crippen LogP contribution >= 0.6 is 8.17 Å². The van der Waals surface area contributed by atoms with E-state index in [2.05, 4.69) is 103 Å². The SMILES string of the molecule is CC(C)CCCC(C)CCCC(C)CCCC(C)CCO[P+]([O-])(OCCC(C)CCCC(C)CCCC(C)CCCC(C)C)Oc1cc(C[NH+](C)C)cc(C[NH+](C)C)c1. The molecule has 348 valence electrons. The van der Waals surface area contributed by atoms with Crippen LogP contribution in [0.15, 0.2) is 18.2 Å². The van der Waals surface area contributed by atoms with Gasteiger partial charge >= 0.3 is 8.17 Å². The molecule has 2 N–H and O–H groups in total. The average molecular weight is 851 g/mol. The molecule has 0 saturated heterocycles. The van der Waals surface area contributed by atoms with Crippen LogP contribution in [0.5, 0.6) is 5.75 Å². The summed E-state index contributed by atoms with van der Waals surface area (Å²) in [5.41, 5.74) is 2.34. The number of phosphoric ester groups is 1. The van der Waals surface area contributed by atoms with Gasteiger partial charge in [-0.2, -0.15) is 9.05 Å².